The Kier molecular flexibility index (Phi) is 4.78. The number of rotatable bonds is 3. The minimum absolute atomic E-state index is 0.0185. The van der Waals surface area contributed by atoms with Crippen molar-refractivity contribution in [2.24, 2.45) is 0 Å². The zero-order valence-corrected chi connectivity index (χ0v) is 14.9. The number of hydrogen-bond donors (Lipinski definition) is 2. The number of nitrogens with one attached hydrogen (secondary N) is 2. The van der Waals surface area contributed by atoms with Gasteiger partial charge >= 0.3 is 0 Å². The Balaban J connectivity index is 1.49. The van der Waals surface area contributed by atoms with Crippen molar-refractivity contribution < 1.29 is 13.6 Å². The summed E-state index contributed by atoms with van der Waals surface area (Å²) in [6.07, 6.45) is 3.54. The van der Waals surface area contributed by atoms with E-state index in [9.17, 15) is 9.18 Å². The van der Waals surface area contributed by atoms with E-state index in [0.29, 0.717) is 13.0 Å². The maximum Gasteiger partial charge on any atom is 0.241 e. The van der Waals surface area contributed by atoms with Gasteiger partial charge in [0.1, 0.15) is 23.4 Å². The second-order valence-electron chi connectivity index (χ2n) is 7.18. The van der Waals surface area contributed by atoms with Gasteiger partial charge in [-0.15, -0.1) is 0 Å². The van der Waals surface area contributed by atoms with E-state index in [1.54, 1.807) is 12.1 Å². The van der Waals surface area contributed by atoms with Crippen LogP contribution in [0.3, 0.4) is 0 Å². The monoisotopic (exact) mass is 357 g/mol. The summed E-state index contributed by atoms with van der Waals surface area (Å²) in [5, 5.41) is 0. The zero-order chi connectivity index (χ0) is 18.1. The van der Waals surface area contributed by atoms with Crippen molar-refractivity contribution in [1.82, 2.24) is 15.8 Å². The number of amides is 1. The fourth-order valence-electron chi connectivity index (χ4n) is 4.00. The number of carbonyl (C=O) groups is 1. The molecule has 1 aromatic heterocycles. The van der Waals surface area contributed by atoms with Gasteiger partial charge in [-0.3, -0.25) is 4.79 Å². The summed E-state index contributed by atoms with van der Waals surface area (Å²) < 4.78 is 19.3. The van der Waals surface area contributed by atoms with Gasteiger partial charge in [0, 0.05) is 6.54 Å². The van der Waals surface area contributed by atoms with Crippen molar-refractivity contribution in [2.45, 2.75) is 50.7 Å². The molecular weight excluding hydrogens is 333 g/mol. The molecule has 0 radical (unpaired) electrons. The molecule has 2 N–H and O–H groups in total. The summed E-state index contributed by atoms with van der Waals surface area (Å²) in [6.45, 7) is 2.62. The van der Waals surface area contributed by atoms with E-state index in [0.717, 1.165) is 36.3 Å². The van der Waals surface area contributed by atoms with Crippen molar-refractivity contribution in [3.8, 4) is 0 Å². The molecule has 26 heavy (non-hydrogen) atoms. The molecule has 1 amide bonds. The molecule has 1 aromatic carbocycles. The Morgan fingerprint density at radius 2 is 2.12 bits per heavy atom. The molecule has 5 nitrogen and oxygen atoms in total. The van der Waals surface area contributed by atoms with Crippen LogP contribution in [0.2, 0.25) is 0 Å². The van der Waals surface area contributed by atoms with Gasteiger partial charge in [0.05, 0.1) is 12.1 Å². The van der Waals surface area contributed by atoms with Gasteiger partial charge in [-0.1, -0.05) is 12.1 Å². The molecule has 0 aliphatic carbocycles. The third kappa shape index (κ3) is 3.39. The molecule has 3 heterocycles. The first-order valence-electron chi connectivity index (χ1n) is 9.25. The molecule has 2 aliphatic rings. The average molecular weight is 357 g/mol. The topological polar surface area (TPSA) is 57.5 Å². The van der Waals surface area contributed by atoms with Gasteiger partial charge in [0.15, 0.2) is 0 Å². The average Bonchev–Trinajstić information content (AvgIpc) is 3.30. The molecule has 138 valence electrons. The smallest absolute Gasteiger partial charge is 0.241 e. The maximum atomic E-state index is 13.7. The predicted octanol–water partition coefficient (Wildman–Crippen LogP) is 3.39. The van der Waals surface area contributed by atoms with Crippen molar-refractivity contribution in [3.05, 3.63) is 59.3 Å². The van der Waals surface area contributed by atoms with E-state index in [1.165, 1.54) is 6.07 Å². The third-order valence-corrected chi connectivity index (χ3v) is 5.33. The van der Waals surface area contributed by atoms with Crippen LogP contribution in [0, 0.1) is 12.7 Å². The number of hydrogen-bond acceptors (Lipinski definition) is 4. The second-order valence-corrected chi connectivity index (χ2v) is 7.18. The van der Waals surface area contributed by atoms with Gasteiger partial charge in [-0.25, -0.2) is 15.2 Å². The summed E-state index contributed by atoms with van der Waals surface area (Å²) >= 11 is 0. The molecule has 4 rings (SSSR count). The molecule has 2 aromatic rings. The van der Waals surface area contributed by atoms with E-state index in [2.05, 4.69) is 10.9 Å². The predicted molar refractivity (Wildman–Crippen MR) is 95.6 cm³/mol. The lowest BCUT2D eigenvalue weighted by Gasteiger charge is -2.37. The minimum Gasteiger partial charge on any atom is -0.465 e. The van der Waals surface area contributed by atoms with Crippen LogP contribution in [0.25, 0.3) is 0 Å². The molecule has 6 heteroatoms. The van der Waals surface area contributed by atoms with Gasteiger partial charge in [-0.2, -0.15) is 0 Å². The normalized spacial score (nSPS) is 26.2. The molecular formula is C20H24FN3O2. The Morgan fingerprint density at radius 3 is 2.88 bits per heavy atom. The standard InChI is InChI=1S/C20H24FN3O2/c1-13-8-9-19(26-13)16-12-17(23-22-16)20(25)24-10-3-2-7-18(24)14-5-4-6-15(21)11-14/h4-6,8-9,11,16-18,22-23H,2-3,7,10,12H2,1H3. The summed E-state index contributed by atoms with van der Waals surface area (Å²) in [6, 6.07) is 10.1. The van der Waals surface area contributed by atoms with Crippen molar-refractivity contribution >= 4 is 5.91 Å². The van der Waals surface area contributed by atoms with Crippen molar-refractivity contribution in [3.63, 3.8) is 0 Å². The van der Waals surface area contributed by atoms with E-state index in [-0.39, 0.29) is 29.8 Å². The SMILES string of the molecule is Cc1ccc(C2CC(C(=O)N3CCCCC3c3cccc(F)c3)NN2)o1. The lowest BCUT2D eigenvalue weighted by molar-refractivity contribution is -0.137. The first kappa shape index (κ1) is 17.2. The number of hydrazine groups is 1. The number of furan rings is 1. The van der Waals surface area contributed by atoms with E-state index < -0.39 is 0 Å². The van der Waals surface area contributed by atoms with Crippen LogP contribution in [0.5, 0.6) is 0 Å². The number of carbonyl (C=O) groups excluding carboxylic acids is 1. The van der Waals surface area contributed by atoms with E-state index in [1.807, 2.05) is 30.0 Å². The Labute approximate surface area is 152 Å². The number of aryl methyl sites for hydroxylation is 1. The molecule has 0 spiro atoms. The van der Waals surface area contributed by atoms with Gasteiger partial charge < -0.3 is 9.32 Å². The largest absolute Gasteiger partial charge is 0.465 e. The number of benzene rings is 1. The van der Waals surface area contributed by atoms with Crippen LogP contribution >= 0.6 is 0 Å². The summed E-state index contributed by atoms with van der Waals surface area (Å²) in [5.74, 6) is 1.51. The van der Waals surface area contributed by atoms with E-state index in [4.69, 9.17) is 4.42 Å². The molecule has 3 unspecified atom stereocenters. The van der Waals surface area contributed by atoms with Crippen molar-refractivity contribution in [2.75, 3.05) is 6.54 Å². The summed E-state index contributed by atoms with van der Waals surface area (Å²) in [7, 11) is 0. The highest BCUT2D eigenvalue weighted by atomic mass is 19.1. The zero-order valence-electron chi connectivity index (χ0n) is 14.9. The van der Waals surface area contributed by atoms with Crippen LogP contribution in [-0.4, -0.2) is 23.4 Å². The molecule has 2 aliphatic heterocycles. The summed E-state index contributed by atoms with van der Waals surface area (Å²) in [5.41, 5.74) is 7.17. The molecule has 3 atom stereocenters. The van der Waals surface area contributed by atoms with E-state index >= 15 is 0 Å². The first-order chi connectivity index (χ1) is 12.6. The fourth-order valence-corrected chi connectivity index (χ4v) is 4.00. The minimum atomic E-state index is -0.306. The fraction of sp³-hybridized carbons (Fsp3) is 0.450. The number of likely N-dealkylation sites (tertiary alicyclic amines) is 1. The number of piperidine rings is 1. The van der Waals surface area contributed by atoms with Gasteiger partial charge in [0.2, 0.25) is 5.91 Å². The van der Waals surface area contributed by atoms with Crippen LogP contribution in [0.15, 0.2) is 40.8 Å². The lowest BCUT2D eigenvalue weighted by Crippen LogP contribution is -2.48. The third-order valence-electron chi connectivity index (χ3n) is 5.33. The first-order valence-corrected chi connectivity index (χ1v) is 9.25. The summed E-state index contributed by atoms with van der Waals surface area (Å²) in [4.78, 5) is 15.1. The molecule has 0 saturated carbocycles. The lowest BCUT2D eigenvalue weighted by atomic mass is 9.94. The maximum absolute atomic E-state index is 13.7. The Bertz CT molecular complexity index is 791. The highest BCUT2D eigenvalue weighted by Crippen LogP contribution is 2.33. The highest BCUT2D eigenvalue weighted by Gasteiger charge is 2.37. The van der Waals surface area contributed by atoms with Crippen LogP contribution in [0.1, 0.15) is 54.9 Å². The van der Waals surface area contributed by atoms with Crippen LogP contribution < -0.4 is 10.9 Å². The van der Waals surface area contributed by atoms with Gasteiger partial charge in [0.25, 0.3) is 0 Å². The quantitative estimate of drug-likeness (QED) is 0.884. The van der Waals surface area contributed by atoms with Gasteiger partial charge in [-0.05, 0) is 62.4 Å². The number of nitrogens with zero attached hydrogens (tertiary/aromatic N) is 1. The second kappa shape index (κ2) is 7.21. The van der Waals surface area contributed by atoms with Crippen molar-refractivity contribution in [1.29, 1.82) is 0 Å². The Hall–Kier alpha value is -2.18. The van der Waals surface area contributed by atoms with Crippen LogP contribution in [0.4, 0.5) is 4.39 Å². The number of halogens is 1. The highest BCUT2D eigenvalue weighted by molar-refractivity contribution is 5.82. The molecule has 0 bridgehead atoms. The Morgan fingerprint density at radius 1 is 1.23 bits per heavy atom. The molecule has 2 fully saturated rings. The molecule has 2 saturated heterocycles. The van der Waals surface area contributed by atoms with Crippen LogP contribution in [-0.2, 0) is 4.79 Å².